The second kappa shape index (κ2) is 9.70. The predicted molar refractivity (Wildman–Crippen MR) is 97.2 cm³/mol. The zero-order valence-electron chi connectivity index (χ0n) is 14.5. The van der Waals surface area contributed by atoms with Gasteiger partial charge in [-0.25, -0.2) is 14.8 Å². The molecule has 0 amide bonds. The fourth-order valence-corrected chi connectivity index (χ4v) is 2.15. The third kappa shape index (κ3) is 5.66. The van der Waals surface area contributed by atoms with Crippen molar-refractivity contribution in [2.45, 2.75) is 33.7 Å². The van der Waals surface area contributed by atoms with E-state index in [2.05, 4.69) is 15.0 Å². The van der Waals surface area contributed by atoms with Gasteiger partial charge in [0.2, 0.25) is 0 Å². The maximum atomic E-state index is 12.2. The fourth-order valence-electron chi connectivity index (χ4n) is 1.77. The lowest BCUT2D eigenvalue weighted by atomic mass is 10.1. The van der Waals surface area contributed by atoms with Gasteiger partial charge >= 0.3 is 5.97 Å². The minimum Gasteiger partial charge on any atom is -0.505 e. The molecule has 7 nitrogen and oxygen atoms in total. The van der Waals surface area contributed by atoms with Gasteiger partial charge in [0.05, 0.1) is 24.9 Å². The highest BCUT2D eigenvalue weighted by Crippen LogP contribution is 2.24. The lowest BCUT2D eigenvalue weighted by Gasteiger charge is -2.13. The lowest BCUT2D eigenvalue weighted by Crippen LogP contribution is -2.19. The summed E-state index contributed by atoms with van der Waals surface area (Å²) in [5.74, 6) is -1.33. The van der Waals surface area contributed by atoms with E-state index in [1.165, 1.54) is 0 Å². The molecule has 0 aromatic carbocycles. The van der Waals surface area contributed by atoms with Crippen LogP contribution < -0.4 is 0 Å². The number of esters is 1. The zero-order chi connectivity index (χ0) is 19.1. The number of aromatic nitrogens is 2. The summed E-state index contributed by atoms with van der Waals surface area (Å²) in [6, 6.07) is -0.444. The van der Waals surface area contributed by atoms with Crippen LogP contribution in [0.4, 0.5) is 0 Å². The van der Waals surface area contributed by atoms with Gasteiger partial charge in [0.25, 0.3) is 0 Å². The van der Waals surface area contributed by atoms with Crippen LogP contribution in [0.25, 0.3) is 5.76 Å². The number of nitrogens with zero attached hydrogens (tertiary/aromatic N) is 3. The van der Waals surface area contributed by atoms with Gasteiger partial charge in [-0.1, -0.05) is 37.0 Å². The molecule has 0 saturated heterocycles. The van der Waals surface area contributed by atoms with Gasteiger partial charge in [-0.2, -0.15) is 0 Å². The molecule has 1 aromatic rings. The SMILES string of the molecule is CCOC(=O)/C(C=N[C@H](CO)C(C)C)=C(\O)c1nc(Cl)c(C)nc1Cl. The smallest absolute Gasteiger partial charge is 0.343 e. The maximum Gasteiger partial charge on any atom is 0.343 e. The van der Waals surface area contributed by atoms with E-state index in [1.54, 1.807) is 13.8 Å². The molecule has 25 heavy (non-hydrogen) atoms. The number of halogens is 2. The molecular formula is C16H21Cl2N3O4. The number of hydrogen-bond acceptors (Lipinski definition) is 7. The highest BCUT2D eigenvalue weighted by molar-refractivity contribution is 6.33. The summed E-state index contributed by atoms with van der Waals surface area (Å²) in [6.45, 7) is 6.87. The molecule has 0 aliphatic rings. The average Bonchev–Trinajstić information content (AvgIpc) is 2.54. The number of aliphatic hydroxyl groups excluding tert-OH is 2. The first kappa shape index (κ1) is 21.3. The second-order valence-electron chi connectivity index (χ2n) is 5.49. The maximum absolute atomic E-state index is 12.2. The Morgan fingerprint density at radius 3 is 2.48 bits per heavy atom. The summed E-state index contributed by atoms with van der Waals surface area (Å²) in [4.78, 5) is 24.2. The first-order chi connectivity index (χ1) is 11.7. The van der Waals surface area contributed by atoms with Crippen LogP contribution >= 0.6 is 23.2 Å². The fraction of sp³-hybridized carbons (Fsp3) is 0.500. The monoisotopic (exact) mass is 389 g/mol. The predicted octanol–water partition coefficient (Wildman–Crippen LogP) is 3.01. The molecule has 0 bridgehead atoms. The molecule has 9 heteroatoms. The number of rotatable bonds is 7. The summed E-state index contributed by atoms with van der Waals surface area (Å²) >= 11 is 11.9. The van der Waals surface area contributed by atoms with E-state index in [0.717, 1.165) is 6.21 Å². The minimum atomic E-state index is -0.807. The Labute approximate surface area is 156 Å². The van der Waals surface area contributed by atoms with Gasteiger partial charge in [0, 0.05) is 6.21 Å². The van der Waals surface area contributed by atoms with E-state index in [1.807, 2.05) is 13.8 Å². The van der Waals surface area contributed by atoms with Crippen LogP contribution in [0.15, 0.2) is 10.6 Å². The van der Waals surface area contributed by atoms with E-state index in [-0.39, 0.29) is 40.7 Å². The second-order valence-corrected chi connectivity index (χ2v) is 6.21. The van der Waals surface area contributed by atoms with Gasteiger partial charge in [-0.3, -0.25) is 4.99 Å². The molecule has 0 unspecified atom stereocenters. The van der Waals surface area contributed by atoms with Crippen molar-refractivity contribution in [2.24, 2.45) is 10.9 Å². The molecule has 1 aromatic heterocycles. The first-order valence-electron chi connectivity index (χ1n) is 7.67. The Balaban J connectivity index is 3.44. The van der Waals surface area contributed by atoms with Crippen LogP contribution in [0.2, 0.25) is 10.3 Å². The van der Waals surface area contributed by atoms with E-state index >= 15 is 0 Å². The summed E-state index contributed by atoms with van der Waals surface area (Å²) in [7, 11) is 0. The Kier molecular flexibility index (Phi) is 8.28. The largest absolute Gasteiger partial charge is 0.505 e. The molecule has 0 fully saturated rings. The molecule has 0 aliphatic carbocycles. The van der Waals surface area contributed by atoms with Gasteiger partial charge in [0.1, 0.15) is 11.3 Å². The van der Waals surface area contributed by atoms with E-state index in [4.69, 9.17) is 27.9 Å². The van der Waals surface area contributed by atoms with Gasteiger partial charge in [-0.05, 0) is 19.8 Å². The van der Waals surface area contributed by atoms with Crippen molar-refractivity contribution in [3.63, 3.8) is 0 Å². The molecule has 0 spiro atoms. The molecule has 1 atom stereocenters. The molecule has 0 saturated carbocycles. The van der Waals surface area contributed by atoms with Crippen molar-refractivity contribution >= 4 is 41.1 Å². The average molecular weight is 390 g/mol. The van der Waals surface area contributed by atoms with E-state index in [9.17, 15) is 15.0 Å². The molecular weight excluding hydrogens is 369 g/mol. The van der Waals surface area contributed by atoms with Gasteiger partial charge in [0.15, 0.2) is 16.1 Å². The first-order valence-corrected chi connectivity index (χ1v) is 8.42. The number of carbonyl (C=O) groups excluding carboxylic acids is 1. The van der Waals surface area contributed by atoms with E-state index < -0.39 is 17.8 Å². The Hall–Kier alpha value is -1.70. The zero-order valence-corrected chi connectivity index (χ0v) is 16.0. The van der Waals surface area contributed by atoms with Crippen LogP contribution in [0.1, 0.15) is 32.2 Å². The highest BCUT2D eigenvalue weighted by atomic mass is 35.5. The normalized spacial score (nSPS) is 13.9. The topological polar surface area (TPSA) is 105 Å². The number of ether oxygens (including phenoxy) is 1. The quantitative estimate of drug-likeness (QED) is 0.321. The third-order valence-electron chi connectivity index (χ3n) is 3.30. The Bertz CT molecular complexity index is 690. The van der Waals surface area contributed by atoms with Crippen LogP contribution in [-0.4, -0.2) is 51.6 Å². The van der Waals surface area contributed by atoms with Crippen molar-refractivity contribution in [2.75, 3.05) is 13.2 Å². The Morgan fingerprint density at radius 1 is 1.32 bits per heavy atom. The summed E-state index contributed by atoms with van der Waals surface area (Å²) in [5.41, 5.74) is -0.0244. The molecule has 2 N–H and O–H groups in total. The third-order valence-corrected chi connectivity index (χ3v) is 3.92. The van der Waals surface area contributed by atoms with Crippen LogP contribution in [-0.2, 0) is 9.53 Å². The molecule has 1 rings (SSSR count). The van der Waals surface area contributed by atoms with Gasteiger partial charge in [-0.15, -0.1) is 0 Å². The van der Waals surface area contributed by atoms with Crippen LogP contribution in [0.3, 0.4) is 0 Å². The standard InChI is InChI=1S/C16H21Cl2N3O4/c1-5-25-16(24)10(6-19-11(7-22)8(2)3)13(23)12-15(18)20-9(4)14(17)21-12/h6,8,11,22-23H,5,7H2,1-4H3/b13-10-,19-6?/t11-/m1/s1. The number of carbonyl (C=O) groups is 1. The number of aryl methyl sites for hydroxylation is 1. The van der Waals surface area contributed by atoms with Crippen molar-refractivity contribution in [1.82, 2.24) is 9.97 Å². The molecule has 1 heterocycles. The molecule has 0 aliphatic heterocycles. The van der Waals surface area contributed by atoms with Crippen molar-refractivity contribution in [3.8, 4) is 0 Å². The number of aliphatic hydroxyl groups is 2. The van der Waals surface area contributed by atoms with Crippen molar-refractivity contribution in [1.29, 1.82) is 0 Å². The minimum absolute atomic E-state index is 0.0315. The Morgan fingerprint density at radius 2 is 1.96 bits per heavy atom. The highest BCUT2D eigenvalue weighted by Gasteiger charge is 2.22. The molecule has 0 radical (unpaired) electrons. The lowest BCUT2D eigenvalue weighted by molar-refractivity contribution is -0.137. The summed E-state index contributed by atoms with van der Waals surface area (Å²) in [6.07, 6.45) is 1.14. The number of hydrogen-bond donors (Lipinski definition) is 2. The number of aliphatic imine (C=N–C) groups is 1. The van der Waals surface area contributed by atoms with Gasteiger partial charge < -0.3 is 14.9 Å². The van der Waals surface area contributed by atoms with Crippen molar-refractivity contribution < 1.29 is 19.7 Å². The van der Waals surface area contributed by atoms with Crippen molar-refractivity contribution in [3.05, 3.63) is 27.3 Å². The van der Waals surface area contributed by atoms with Crippen LogP contribution in [0, 0.1) is 12.8 Å². The molecule has 138 valence electrons. The summed E-state index contributed by atoms with van der Waals surface area (Å²) in [5, 5.41) is 19.8. The van der Waals surface area contributed by atoms with E-state index in [0.29, 0.717) is 5.69 Å². The summed E-state index contributed by atoms with van der Waals surface area (Å²) < 4.78 is 4.93. The van der Waals surface area contributed by atoms with Crippen LogP contribution in [0.5, 0.6) is 0 Å².